The molecule has 7 heteroatoms. The normalized spacial score (nSPS) is 12.1. The number of hydrogen-bond donors (Lipinski definition) is 1. The maximum atomic E-state index is 13.3. The monoisotopic (exact) mass is 484 g/mol. The lowest BCUT2D eigenvalue weighted by molar-refractivity contribution is 0.0941. The smallest absolute Gasteiger partial charge is 0.252 e. The summed E-state index contributed by atoms with van der Waals surface area (Å²) >= 11 is 3.38. The Balaban J connectivity index is 1.37. The number of imidazole rings is 1. The largest absolute Gasteiger partial charge is 0.338 e. The number of nitrogens with one attached hydrogen (secondary N) is 1. The quantitative estimate of drug-likeness (QED) is 0.282. The van der Waals surface area contributed by atoms with Gasteiger partial charge in [-0.25, -0.2) is 9.97 Å². The van der Waals surface area contributed by atoms with Gasteiger partial charge in [-0.2, -0.15) is 0 Å². The summed E-state index contributed by atoms with van der Waals surface area (Å²) in [5.74, 6) is 1.48. The van der Waals surface area contributed by atoms with Crippen LogP contribution in [0.2, 0.25) is 0 Å². The fourth-order valence-electron chi connectivity index (χ4n) is 3.91. The Kier molecular flexibility index (Phi) is 6.47. The van der Waals surface area contributed by atoms with E-state index in [0.717, 1.165) is 43.8 Å². The summed E-state index contributed by atoms with van der Waals surface area (Å²) in [6, 6.07) is 25.3. The van der Waals surface area contributed by atoms with Gasteiger partial charge in [0.2, 0.25) is 0 Å². The summed E-state index contributed by atoms with van der Waals surface area (Å²) in [5, 5.41) is 6.38. The van der Waals surface area contributed by atoms with Gasteiger partial charge in [-0.3, -0.25) is 4.79 Å². The fraction of sp³-hybridized carbons (Fsp3) is 0.148. The van der Waals surface area contributed by atoms with E-state index in [9.17, 15) is 4.79 Å². The number of thioether (sulfide) groups is 1. The van der Waals surface area contributed by atoms with Crippen molar-refractivity contribution < 1.29 is 4.79 Å². The van der Waals surface area contributed by atoms with Gasteiger partial charge in [0, 0.05) is 28.6 Å². The lowest BCUT2D eigenvalue weighted by atomic mass is 10.1. The summed E-state index contributed by atoms with van der Waals surface area (Å²) in [6.45, 7) is 2.02. The van der Waals surface area contributed by atoms with E-state index in [1.54, 1.807) is 23.1 Å². The van der Waals surface area contributed by atoms with E-state index < -0.39 is 0 Å². The van der Waals surface area contributed by atoms with Crippen LogP contribution in [-0.2, 0) is 12.8 Å². The molecule has 0 saturated heterocycles. The minimum absolute atomic E-state index is 0.132. The molecule has 5 nitrogen and oxygen atoms in total. The maximum absolute atomic E-state index is 13.3. The van der Waals surface area contributed by atoms with Gasteiger partial charge in [0.05, 0.1) is 21.7 Å². The van der Waals surface area contributed by atoms with Gasteiger partial charge in [-0.15, -0.1) is 23.1 Å². The molecule has 1 unspecified atom stereocenters. The highest BCUT2D eigenvalue weighted by molar-refractivity contribution is 7.98. The summed E-state index contributed by atoms with van der Waals surface area (Å²) in [7, 11) is 1.99. The number of fused-ring (bicyclic) bond motifs is 1. The Bertz CT molecular complexity index is 1420. The van der Waals surface area contributed by atoms with E-state index in [1.165, 1.54) is 0 Å². The number of amides is 1. The average Bonchev–Trinajstić information content (AvgIpc) is 3.44. The van der Waals surface area contributed by atoms with Gasteiger partial charge < -0.3 is 9.88 Å². The molecule has 0 fully saturated rings. The molecular formula is C27H24N4OS2. The molecule has 0 radical (unpaired) electrons. The van der Waals surface area contributed by atoms with E-state index in [1.807, 2.05) is 97.4 Å². The van der Waals surface area contributed by atoms with Gasteiger partial charge in [0.25, 0.3) is 5.91 Å². The van der Waals surface area contributed by atoms with Gasteiger partial charge in [-0.1, -0.05) is 42.5 Å². The van der Waals surface area contributed by atoms with Crippen LogP contribution in [0, 0.1) is 6.92 Å². The molecule has 0 bridgehead atoms. The van der Waals surface area contributed by atoms with Crippen LogP contribution in [0.4, 0.5) is 0 Å². The molecule has 2 heterocycles. The third kappa shape index (κ3) is 4.76. The van der Waals surface area contributed by atoms with Gasteiger partial charge in [-0.05, 0) is 48.9 Å². The number of hydrogen-bond acceptors (Lipinski definition) is 5. The standard InChI is InChI=1S/C27H24N4OS2/c1-18-28-21(16-33-18)17-34-22-14-12-20(13-15-22)27(32)30-25(19-8-4-3-5-9-19)26-29-23-10-6-7-11-24(23)31(26)2/h3-16,25H,17H2,1-2H3,(H,30,32). The zero-order chi connectivity index (χ0) is 23.5. The fourth-order valence-corrected chi connectivity index (χ4v) is 5.42. The Morgan fingerprint density at radius 2 is 1.74 bits per heavy atom. The molecule has 3 aromatic carbocycles. The van der Waals surface area contributed by atoms with E-state index in [4.69, 9.17) is 4.98 Å². The van der Waals surface area contributed by atoms with Crippen molar-refractivity contribution in [2.24, 2.45) is 7.05 Å². The number of nitrogens with zero attached hydrogens (tertiary/aromatic N) is 3. The van der Waals surface area contributed by atoms with Gasteiger partial charge >= 0.3 is 0 Å². The number of carbonyl (C=O) groups excluding carboxylic acids is 1. The first-order valence-corrected chi connectivity index (χ1v) is 12.9. The molecule has 5 aromatic rings. The van der Waals surface area contributed by atoms with Crippen molar-refractivity contribution in [3.05, 3.63) is 112 Å². The van der Waals surface area contributed by atoms with Crippen LogP contribution in [0.1, 0.15) is 38.5 Å². The molecule has 0 aliphatic carbocycles. The molecule has 0 aliphatic heterocycles. The molecular weight excluding hydrogens is 460 g/mol. The number of aryl methyl sites for hydroxylation is 2. The van der Waals surface area contributed by atoms with E-state index in [0.29, 0.717) is 5.56 Å². The first-order valence-electron chi connectivity index (χ1n) is 11.0. The molecule has 2 aromatic heterocycles. The highest BCUT2D eigenvalue weighted by Gasteiger charge is 2.23. The number of rotatable bonds is 7. The Morgan fingerprint density at radius 3 is 2.44 bits per heavy atom. The van der Waals surface area contributed by atoms with Crippen LogP contribution in [0.25, 0.3) is 11.0 Å². The van der Waals surface area contributed by atoms with Crippen LogP contribution in [0.15, 0.2) is 89.1 Å². The molecule has 0 aliphatic rings. The van der Waals surface area contributed by atoms with Crippen LogP contribution >= 0.6 is 23.1 Å². The van der Waals surface area contributed by atoms with Crippen molar-refractivity contribution in [2.75, 3.05) is 0 Å². The highest BCUT2D eigenvalue weighted by Crippen LogP contribution is 2.27. The molecule has 1 atom stereocenters. The topological polar surface area (TPSA) is 59.8 Å². The Hall–Kier alpha value is -3.42. The second-order valence-electron chi connectivity index (χ2n) is 8.01. The summed E-state index contributed by atoms with van der Waals surface area (Å²) in [6.07, 6.45) is 0. The molecule has 1 amide bonds. The van der Waals surface area contributed by atoms with Crippen LogP contribution in [0.3, 0.4) is 0 Å². The van der Waals surface area contributed by atoms with Crippen molar-refractivity contribution in [3.8, 4) is 0 Å². The molecule has 0 saturated carbocycles. The SMILES string of the molecule is Cc1nc(CSc2ccc(C(=O)NC(c3ccccc3)c3nc4ccccc4n3C)cc2)cs1. The van der Waals surface area contributed by atoms with Crippen LogP contribution in [0.5, 0.6) is 0 Å². The minimum atomic E-state index is -0.368. The van der Waals surface area contributed by atoms with E-state index in [-0.39, 0.29) is 11.9 Å². The number of thiazole rings is 1. The Labute approximate surface area is 206 Å². The first-order chi connectivity index (χ1) is 16.6. The number of aromatic nitrogens is 3. The van der Waals surface area contributed by atoms with Crippen molar-refractivity contribution in [2.45, 2.75) is 23.6 Å². The molecule has 5 rings (SSSR count). The Morgan fingerprint density at radius 1 is 1.00 bits per heavy atom. The van der Waals surface area contributed by atoms with Gasteiger partial charge in [0.15, 0.2) is 0 Å². The minimum Gasteiger partial charge on any atom is -0.338 e. The lowest BCUT2D eigenvalue weighted by Crippen LogP contribution is -2.31. The molecule has 34 heavy (non-hydrogen) atoms. The number of para-hydroxylation sites is 2. The first kappa shape index (κ1) is 22.4. The average molecular weight is 485 g/mol. The van der Waals surface area contributed by atoms with Crippen molar-refractivity contribution in [1.29, 1.82) is 0 Å². The molecule has 0 spiro atoms. The van der Waals surface area contributed by atoms with Gasteiger partial charge in [0.1, 0.15) is 11.9 Å². The van der Waals surface area contributed by atoms with Crippen LogP contribution < -0.4 is 5.32 Å². The zero-order valence-electron chi connectivity index (χ0n) is 18.9. The van der Waals surface area contributed by atoms with Crippen LogP contribution in [-0.4, -0.2) is 20.4 Å². The number of benzene rings is 3. The van der Waals surface area contributed by atoms with Crippen molar-refractivity contribution in [1.82, 2.24) is 19.9 Å². The zero-order valence-corrected chi connectivity index (χ0v) is 20.6. The predicted molar refractivity (Wildman–Crippen MR) is 139 cm³/mol. The van der Waals surface area contributed by atoms with Crippen molar-refractivity contribution >= 4 is 40.0 Å². The summed E-state index contributed by atoms with van der Waals surface area (Å²) in [5.41, 5.74) is 4.63. The second-order valence-corrected chi connectivity index (χ2v) is 10.1. The van der Waals surface area contributed by atoms with E-state index >= 15 is 0 Å². The van der Waals surface area contributed by atoms with Crippen molar-refractivity contribution in [3.63, 3.8) is 0 Å². The lowest BCUT2D eigenvalue weighted by Gasteiger charge is -2.19. The molecule has 170 valence electrons. The number of carbonyl (C=O) groups is 1. The van der Waals surface area contributed by atoms with E-state index in [2.05, 4.69) is 15.7 Å². The summed E-state index contributed by atoms with van der Waals surface area (Å²) in [4.78, 5) is 23.7. The summed E-state index contributed by atoms with van der Waals surface area (Å²) < 4.78 is 2.05. The highest BCUT2D eigenvalue weighted by atomic mass is 32.2. The second kappa shape index (κ2) is 9.83. The predicted octanol–water partition coefficient (Wildman–Crippen LogP) is 6.15. The third-order valence-corrected chi connectivity index (χ3v) is 7.53. The molecule has 1 N–H and O–H groups in total. The third-order valence-electron chi connectivity index (χ3n) is 5.66. The maximum Gasteiger partial charge on any atom is 0.252 e.